The van der Waals surface area contributed by atoms with E-state index in [4.69, 9.17) is 23.7 Å². The monoisotopic (exact) mass is 341 g/mol. The molecule has 0 atom stereocenters. The number of para-hydroxylation sites is 1. The zero-order valence-electron chi connectivity index (χ0n) is 14.2. The Labute approximate surface area is 143 Å². The SMILES string of the molecule is CNC(=O)COCCOCCOCCOCCOc1ccccc1. The third kappa shape index (κ3) is 11.8. The molecule has 0 spiro atoms. The van der Waals surface area contributed by atoms with Crippen LogP contribution in [-0.2, 0) is 23.7 Å². The lowest BCUT2D eigenvalue weighted by atomic mass is 10.3. The molecule has 0 aliphatic rings. The minimum Gasteiger partial charge on any atom is -0.491 e. The molecule has 0 aromatic heterocycles. The Morgan fingerprint density at radius 3 is 1.83 bits per heavy atom. The standard InChI is InChI=1S/C17H27NO6/c1-18-17(19)15-23-12-11-21-8-7-20-9-10-22-13-14-24-16-5-3-2-4-6-16/h2-6H,7-15H2,1H3,(H,18,19). The van der Waals surface area contributed by atoms with E-state index in [1.165, 1.54) is 0 Å². The normalized spacial score (nSPS) is 10.5. The maximum atomic E-state index is 10.9. The molecule has 0 fully saturated rings. The lowest BCUT2D eigenvalue weighted by Crippen LogP contribution is -2.24. The summed E-state index contributed by atoms with van der Waals surface area (Å²) in [4.78, 5) is 10.9. The third-order valence-electron chi connectivity index (χ3n) is 2.87. The number of ether oxygens (including phenoxy) is 5. The van der Waals surface area contributed by atoms with Gasteiger partial charge in [0.2, 0.25) is 5.91 Å². The lowest BCUT2D eigenvalue weighted by Gasteiger charge is -2.08. The molecule has 0 heterocycles. The number of hydrogen-bond donors (Lipinski definition) is 1. The molecule has 7 heteroatoms. The van der Waals surface area contributed by atoms with Crippen LogP contribution in [0.3, 0.4) is 0 Å². The Kier molecular flexibility index (Phi) is 12.6. The van der Waals surface area contributed by atoms with E-state index >= 15 is 0 Å². The summed E-state index contributed by atoms with van der Waals surface area (Å²) in [6.45, 7) is 3.95. The van der Waals surface area contributed by atoms with Gasteiger partial charge in [-0.25, -0.2) is 0 Å². The predicted octanol–water partition coefficient (Wildman–Crippen LogP) is 0.878. The van der Waals surface area contributed by atoms with E-state index in [0.29, 0.717) is 52.9 Å². The number of hydrogen-bond acceptors (Lipinski definition) is 6. The minimum absolute atomic E-state index is 0.0572. The number of amides is 1. The van der Waals surface area contributed by atoms with Crippen molar-refractivity contribution in [3.05, 3.63) is 30.3 Å². The van der Waals surface area contributed by atoms with Crippen molar-refractivity contribution in [2.75, 3.05) is 66.5 Å². The van der Waals surface area contributed by atoms with E-state index < -0.39 is 0 Å². The first kappa shape index (κ1) is 20.4. The second-order valence-corrected chi connectivity index (χ2v) is 4.72. The van der Waals surface area contributed by atoms with Crippen molar-refractivity contribution in [1.82, 2.24) is 5.32 Å². The molecule has 0 bridgehead atoms. The fourth-order valence-corrected chi connectivity index (χ4v) is 1.63. The van der Waals surface area contributed by atoms with Crippen LogP contribution in [0.15, 0.2) is 30.3 Å². The van der Waals surface area contributed by atoms with Crippen molar-refractivity contribution in [2.45, 2.75) is 0 Å². The first-order valence-electron chi connectivity index (χ1n) is 8.02. The molecule has 7 nitrogen and oxygen atoms in total. The molecule has 0 aliphatic carbocycles. The Morgan fingerprint density at radius 1 is 0.792 bits per heavy atom. The highest BCUT2D eigenvalue weighted by Crippen LogP contribution is 2.07. The molecule has 1 rings (SSSR count). The van der Waals surface area contributed by atoms with Crippen molar-refractivity contribution < 1.29 is 28.5 Å². The number of nitrogens with one attached hydrogen (secondary N) is 1. The molecule has 0 saturated carbocycles. The maximum Gasteiger partial charge on any atom is 0.245 e. The second-order valence-electron chi connectivity index (χ2n) is 4.72. The van der Waals surface area contributed by atoms with Gasteiger partial charge in [-0.3, -0.25) is 4.79 Å². The van der Waals surface area contributed by atoms with Crippen molar-refractivity contribution in [1.29, 1.82) is 0 Å². The van der Waals surface area contributed by atoms with Gasteiger partial charge in [0, 0.05) is 7.05 Å². The van der Waals surface area contributed by atoms with Gasteiger partial charge in [-0.15, -0.1) is 0 Å². The van der Waals surface area contributed by atoms with E-state index in [1.807, 2.05) is 30.3 Å². The van der Waals surface area contributed by atoms with Crippen molar-refractivity contribution in [3.8, 4) is 5.75 Å². The van der Waals surface area contributed by atoms with Crippen LogP contribution in [0.2, 0.25) is 0 Å². The highest BCUT2D eigenvalue weighted by molar-refractivity contribution is 5.76. The maximum absolute atomic E-state index is 10.9. The Hall–Kier alpha value is -1.67. The molecule has 1 aromatic carbocycles. The summed E-state index contributed by atoms with van der Waals surface area (Å²) in [6, 6.07) is 9.63. The Bertz CT molecular complexity index is 415. The molecule has 1 amide bonds. The van der Waals surface area contributed by atoms with Gasteiger partial charge in [-0.1, -0.05) is 18.2 Å². The van der Waals surface area contributed by atoms with Crippen molar-refractivity contribution in [3.63, 3.8) is 0 Å². The molecule has 24 heavy (non-hydrogen) atoms. The summed E-state index contributed by atoms with van der Waals surface area (Å²) in [7, 11) is 1.57. The van der Waals surface area contributed by atoms with Crippen LogP contribution >= 0.6 is 0 Å². The molecule has 1 aromatic rings. The van der Waals surface area contributed by atoms with Gasteiger partial charge in [0.15, 0.2) is 0 Å². The van der Waals surface area contributed by atoms with Crippen LogP contribution in [0, 0.1) is 0 Å². The number of rotatable bonds is 15. The first-order chi connectivity index (χ1) is 11.8. The van der Waals surface area contributed by atoms with E-state index in [-0.39, 0.29) is 12.5 Å². The summed E-state index contributed by atoms with van der Waals surface area (Å²) in [5.41, 5.74) is 0. The van der Waals surface area contributed by atoms with Gasteiger partial charge in [-0.05, 0) is 12.1 Å². The molecule has 0 aliphatic heterocycles. The summed E-state index contributed by atoms with van der Waals surface area (Å²) < 4.78 is 26.7. The average molecular weight is 341 g/mol. The van der Waals surface area contributed by atoms with E-state index in [0.717, 1.165) is 5.75 Å². The first-order valence-corrected chi connectivity index (χ1v) is 8.02. The van der Waals surface area contributed by atoms with Gasteiger partial charge in [-0.2, -0.15) is 0 Å². The quantitative estimate of drug-likeness (QED) is 0.477. The van der Waals surface area contributed by atoms with Crippen LogP contribution in [0.5, 0.6) is 5.75 Å². The number of carbonyl (C=O) groups excluding carboxylic acids is 1. The van der Waals surface area contributed by atoms with Gasteiger partial charge in [0.1, 0.15) is 19.0 Å². The highest BCUT2D eigenvalue weighted by Gasteiger charge is 1.97. The molecule has 0 saturated heterocycles. The van der Waals surface area contributed by atoms with Gasteiger partial charge < -0.3 is 29.0 Å². The minimum atomic E-state index is -0.146. The number of carbonyl (C=O) groups is 1. The summed E-state index contributed by atoms with van der Waals surface area (Å²) >= 11 is 0. The van der Waals surface area contributed by atoms with Crippen molar-refractivity contribution >= 4 is 5.91 Å². The van der Waals surface area contributed by atoms with E-state index in [1.54, 1.807) is 7.05 Å². The van der Waals surface area contributed by atoms with Crippen LogP contribution in [0.1, 0.15) is 0 Å². The van der Waals surface area contributed by atoms with Crippen LogP contribution in [0.4, 0.5) is 0 Å². The Morgan fingerprint density at radius 2 is 1.29 bits per heavy atom. The van der Waals surface area contributed by atoms with Crippen LogP contribution < -0.4 is 10.1 Å². The third-order valence-corrected chi connectivity index (χ3v) is 2.87. The summed E-state index contributed by atoms with van der Waals surface area (Å²) in [6.07, 6.45) is 0. The van der Waals surface area contributed by atoms with E-state index in [9.17, 15) is 4.79 Å². The highest BCUT2D eigenvalue weighted by atomic mass is 16.6. The average Bonchev–Trinajstić information content (AvgIpc) is 2.62. The smallest absolute Gasteiger partial charge is 0.245 e. The molecule has 1 N–H and O–H groups in total. The zero-order valence-corrected chi connectivity index (χ0v) is 14.2. The largest absolute Gasteiger partial charge is 0.491 e. The molecular formula is C17H27NO6. The fourth-order valence-electron chi connectivity index (χ4n) is 1.63. The second kappa shape index (κ2) is 14.9. The predicted molar refractivity (Wildman–Crippen MR) is 89.3 cm³/mol. The number of likely N-dealkylation sites (N-methyl/N-ethyl adjacent to an activating group) is 1. The lowest BCUT2D eigenvalue weighted by molar-refractivity contribution is -0.125. The van der Waals surface area contributed by atoms with E-state index in [2.05, 4.69) is 5.32 Å². The van der Waals surface area contributed by atoms with Gasteiger partial charge in [0.05, 0.1) is 46.2 Å². The molecule has 0 unspecified atom stereocenters. The number of benzene rings is 1. The zero-order chi connectivity index (χ0) is 17.3. The van der Waals surface area contributed by atoms with Crippen LogP contribution in [-0.4, -0.2) is 72.4 Å². The molecule has 136 valence electrons. The summed E-state index contributed by atoms with van der Waals surface area (Å²) in [5.74, 6) is 0.696. The fraction of sp³-hybridized carbons (Fsp3) is 0.588. The van der Waals surface area contributed by atoms with Crippen LogP contribution in [0.25, 0.3) is 0 Å². The topological polar surface area (TPSA) is 75.3 Å². The Balaban J connectivity index is 1.74. The van der Waals surface area contributed by atoms with Gasteiger partial charge >= 0.3 is 0 Å². The molecular weight excluding hydrogens is 314 g/mol. The molecule has 0 radical (unpaired) electrons. The summed E-state index contributed by atoms with van der Waals surface area (Å²) in [5, 5.41) is 2.47. The van der Waals surface area contributed by atoms with Gasteiger partial charge in [0.25, 0.3) is 0 Å². The van der Waals surface area contributed by atoms with Crippen molar-refractivity contribution in [2.24, 2.45) is 0 Å².